The van der Waals surface area contributed by atoms with E-state index in [9.17, 15) is 9.59 Å². The molecule has 3 rings (SSSR count). The summed E-state index contributed by atoms with van der Waals surface area (Å²) in [6.45, 7) is 1.99. The molecular formula is C20H19N5O2. The van der Waals surface area contributed by atoms with Gasteiger partial charge in [-0.15, -0.1) is 0 Å². The van der Waals surface area contributed by atoms with E-state index in [2.05, 4.69) is 10.9 Å². The highest BCUT2D eigenvalue weighted by Gasteiger charge is 2.09. The van der Waals surface area contributed by atoms with Crippen LogP contribution in [0.5, 0.6) is 0 Å². The number of hydrogen-bond donors (Lipinski definition) is 4. The molecule has 7 nitrogen and oxygen atoms in total. The molecule has 0 aliphatic rings. The zero-order valence-electron chi connectivity index (χ0n) is 14.7. The normalized spacial score (nSPS) is 10.3. The molecule has 1 aromatic heterocycles. The molecule has 27 heavy (non-hydrogen) atoms. The molecule has 0 bridgehead atoms. The number of rotatable bonds is 4. The second-order valence-corrected chi connectivity index (χ2v) is 6.02. The highest BCUT2D eigenvalue weighted by atomic mass is 16.2. The van der Waals surface area contributed by atoms with E-state index in [1.165, 1.54) is 0 Å². The van der Waals surface area contributed by atoms with E-state index in [1.54, 1.807) is 24.3 Å². The maximum Gasteiger partial charge on any atom is 0.265 e. The molecule has 0 atom stereocenters. The summed E-state index contributed by atoms with van der Waals surface area (Å²) < 4.78 is 0. The number of aryl methyl sites for hydroxylation is 1. The molecule has 2 aromatic carbocycles. The van der Waals surface area contributed by atoms with Crippen LogP contribution in [0.15, 0.2) is 60.7 Å². The Bertz CT molecular complexity index is 905. The molecule has 0 aliphatic carbocycles. The lowest BCUT2D eigenvalue weighted by Crippen LogP contribution is -2.29. The van der Waals surface area contributed by atoms with Gasteiger partial charge in [-0.2, -0.15) is 0 Å². The minimum Gasteiger partial charge on any atom is -0.290 e. The van der Waals surface area contributed by atoms with Gasteiger partial charge >= 0.3 is 0 Å². The van der Waals surface area contributed by atoms with Gasteiger partial charge in [-0.05, 0) is 48.9 Å². The van der Waals surface area contributed by atoms with Crippen LogP contribution in [0.1, 0.15) is 26.3 Å². The Balaban J connectivity index is 1.95. The van der Waals surface area contributed by atoms with Crippen LogP contribution >= 0.6 is 0 Å². The minimum absolute atomic E-state index is 0.346. The van der Waals surface area contributed by atoms with Crippen LogP contribution in [0.25, 0.3) is 22.5 Å². The summed E-state index contributed by atoms with van der Waals surface area (Å²) in [5.74, 6) is 9.61. The molecule has 6 N–H and O–H groups in total. The van der Waals surface area contributed by atoms with Gasteiger partial charge in [0.1, 0.15) is 0 Å². The van der Waals surface area contributed by atoms with Crippen LogP contribution in [0.2, 0.25) is 0 Å². The predicted molar refractivity (Wildman–Crippen MR) is 103 cm³/mol. The second kappa shape index (κ2) is 7.77. The molecule has 3 aromatic rings. The SMILES string of the molecule is Cc1cc(-c2ccc(C(=O)NN)cc2)nc(-c2ccc(C(=O)NN)cc2)c1. The van der Waals surface area contributed by atoms with E-state index < -0.39 is 0 Å². The molecule has 0 saturated heterocycles. The highest BCUT2D eigenvalue weighted by Crippen LogP contribution is 2.25. The largest absolute Gasteiger partial charge is 0.290 e. The Morgan fingerprint density at radius 3 is 1.44 bits per heavy atom. The zero-order chi connectivity index (χ0) is 19.4. The standard InChI is InChI=1S/C20H19N5O2/c1-12-10-17(13-2-6-15(7-3-13)19(26)24-21)23-18(11-12)14-4-8-16(9-5-14)20(27)25-22/h2-11H,21-22H2,1H3,(H,24,26)(H,25,27). The quantitative estimate of drug-likeness (QED) is 0.321. The van der Waals surface area contributed by atoms with E-state index in [-0.39, 0.29) is 11.8 Å². The first-order valence-corrected chi connectivity index (χ1v) is 8.23. The fourth-order valence-electron chi connectivity index (χ4n) is 2.71. The van der Waals surface area contributed by atoms with E-state index in [0.29, 0.717) is 11.1 Å². The van der Waals surface area contributed by atoms with Gasteiger partial charge in [-0.25, -0.2) is 16.7 Å². The molecule has 1 heterocycles. The number of pyridine rings is 1. The van der Waals surface area contributed by atoms with Gasteiger partial charge in [0.2, 0.25) is 0 Å². The third-order valence-electron chi connectivity index (χ3n) is 4.12. The summed E-state index contributed by atoms with van der Waals surface area (Å²) in [7, 11) is 0. The molecular weight excluding hydrogens is 342 g/mol. The summed E-state index contributed by atoms with van der Waals surface area (Å²) >= 11 is 0. The summed E-state index contributed by atoms with van der Waals surface area (Å²) in [6.07, 6.45) is 0. The molecule has 7 heteroatoms. The average Bonchev–Trinajstić information content (AvgIpc) is 2.72. The summed E-state index contributed by atoms with van der Waals surface area (Å²) in [6, 6.07) is 18.0. The number of carbonyl (C=O) groups is 2. The number of hydrogen-bond acceptors (Lipinski definition) is 5. The number of benzene rings is 2. The third kappa shape index (κ3) is 4.00. The van der Waals surface area contributed by atoms with E-state index >= 15 is 0 Å². The molecule has 0 unspecified atom stereocenters. The van der Waals surface area contributed by atoms with Crippen molar-refractivity contribution >= 4 is 11.8 Å². The molecule has 2 amide bonds. The molecule has 0 spiro atoms. The van der Waals surface area contributed by atoms with Crippen molar-refractivity contribution in [3.63, 3.8) is 0 Å². The lowest BCUT2D eigenvalue weighted by molar-refractivity contribution is 0.0945. The number of nitrogens with one attached hydrogen (secondary N) is 2. The lowest BCUT2D eigenvalue weighted by Gasteiger charge is -2.09. The smallest absolute Gasteiger partial charge is 0.265 e. The zero-order valence-corrected chi connectivity index (χ0v) is 14.7. The number of nitrogens with zero attached hydrogens (tertiary/aromatic N) is 1. The Morgan fingerprint density at radius 1 is 0.741 bits per heavy atom. The molecule has 0 saturated carbocycles. The molecule has 136 valence electrons. The maximum absolute atomic E-state index is 11.6. The summed E-state index contributed by atoms with van der Waals surface area (Å²) in [5, 5.41) is 0. The van der Waals surface area contributed by atoms with Crippen molar-refractivity contribution in [2.45, 2.75) is 6.92 Å². The number of nitrogens with two attached hydrogens (primary N) is 2. The minimum atomic E-state index is -0.346. The summed E-state index contributed by atoms with van der Waals surface area (Å²) in [4.78, 5) is 27.8. The van der Waals surface area contributed by atoms with Crippen molar-refractivity contribution < 1.29 is 9.59 Å². The van der Waals surface area contributed by atoms with Gasteiger partial charge in [0.15, 0.2) is 0 Å². The Hall–Kier alpha value is -3.55. The average molecular weight is 361 g/mol. The van der Waals surface area contributed by atoms with Crippen molar-refractivity contribution in [2.24, 2.45) is 11.7 Å². The van der Waals surface area contributed by atoms with Crippen molar-refractivity contribution in [1.29, 1.82) is 0 Å². The second-order valence-electron chi connectivity index (χ2n) is 6.02. The van der Waals surface area contributed by atoms with Gasteiger partial charge < -0.3 is 0 Å². The first-order valence-electron chi connectivity index (χ1n) is 8.23. The van der Waals surface area contributed by atoms with Crippen molar-refractivity contribution in [3.8, 4) is 22.5 Å². The Kier molecular flexibility index (Phi) is 5.25. The van der Waals surface area contributed by atoms with Gasteiger partial charge in [-0.1, -0.05) is 24.3 Å². The topological polar surface area (TPSA) is 123 Å². The van der Waals surface area contributed by atoms with Crippen molar-refractivity contribution in [3.05, 3.63) is 77.4 Å². The van der Waals surface area contributed by atoms with Crippen molar-refractivity contribution in [2.75, 3.05) is 0 Å². The van der Waals surface area contributed by atoms with E-state index in [1.807, 2.05) is 43.3 Å². The molecule has 0 aliphatic heterocycles. The number of amides is 2. The van der Waals surface area contributed by atoms with Gasteiger partial charge in [0.25, 0.3) is 11.8 Å². The Labute approximate surface area is 156 Å². The van der Waals surface area contributed by atoms with Gasteiger partial charge in [-0.3, -0.25) is 20.4 Å². The van der Waals surface area contributed by atoms with Gasteiger partial charge in [0, 0.05) is 22.3 Å². The monoisotopic (exact) mass is 361 g/mol. The molecule has 0 fully saturated rings. The number of hydrazine groups is 2. The van der Waals surface area contributed by atoms with Crippen molar-refractivity contribution in [1.82, 2.24) is 15.8 Å². The number of nitrogen functional groups attached to an aromatic ring is 2. The van der Waals surface area contributed by atoms with Crippen LogP contribution in [-0.2, 0) is 0 Å². The molecule has 0 radical (unpaired) electrons. The van der Waals surface area contributed by atoms with E-state index in [0.717, 1.165) is 28.1 Å². The van der Waals surface area contributed by atoms with Gasteiger partial charge in [0.05, 0.1) is 11.4 Å². The summed E-state index contributed by atoms with van der Waals surface area (Å²) in [5.41, 5.74) is 9.54. The fourth-order valence-corrected chi connectivity index (χ4v) is 2.71. The van der Waals surface area contributed by atoms with Crippen LogP contribution in [-0.4, -0.2) is 16.8 Å². The van der Waals surface area contributed by atoms with Crippen LogP contribution in [0, 0.1) is 6.92 Å². The highest BCUT2D eigenvalue weighted by molar-refractivity contribution is 5.94. The fraction of sp³-hybridized carbons (Fsp3) is 0.0500. The maximum atomic E-state index is 11.6. The lowest BCUT2D eigenvalue weighted by atomic mass is 10.0. The van der Waals surface area contributed by atoms with Crippen LogP contribution in [0.4, 0.5) is 0 Å². The first-order chi connectivity index (χ1) is 13.0. The third-order valence-corrected chi connectivity index (χ3v) is 4.12. The van der Waals surface area contributed by atoms with Crippen LogP contribution < -0.4 is 22.5 Å². The van der Waals surface area contributed by atoms with Crippen LogP contribution in [0.3, 0.4) is 0 Å². The van der Waals surface area contributed by atoms with E-state index in [4.69, 9.17) is 16.7 Å². The number of aromatic nitrogens is 1. The first kappa shape index (κ1) is 18.2. The Morgan fingerprint density at radius 2 is 1.11 bits per heavy atom. The number of carbonyl (C=O) groups excluding carboxylic acids is 2. The predicted octanol–water partition coefficient (Wildman–Crippen LogP) is 1.93.